The average molecular weight is 406 g/mol. The zero-order valence-electron chi connectivity index (χ0n) is 17.7. The molecule has 0 aromatic heterocycles. The summed E-state index contributed by atoms with van der Waals surface area (Å²) in [5.41, 5.74) is 1.97. The molecular weight excluding hydrogens is 380 g/mol. The minimum absolute atomic E-state index is 0.0307. The molecule has 6 nitrogen and oxygen atoms in total. The van der Waals surface area contributed by atoms with E-state index in [9.17, 15) is 14.9 Å². The molecular formula is C24H26N2O4. The van der Waals surface area contributed by atoms with Crippen LogP contribution in [0, 0.1) is 22.0 Å². The molecule has 0 unspecified atom stereocenters. The molecule has 2 aromatic rings. The molecule has 2 rings (SSSR count). The molecule has 0 spiro atoms. The van der Waals surface area contributed by atoms with Crippen LogP contribution < -0.4 is 0 Å². The molecule has 0 N–H and O–H groups in total. The van der Waals surface area contributed by atoms with Gasteiger partial charge < -0.3 is 4.74 Å². The van der Waals surface area contributed by atoms with Gasteiger partial charge in [0.1, 0.15) is 5.60 Å². The number of nitrogens with zero attached hydrogens (tertiary/aromatic N) is 2. The van der Waals surface area contributed by atoms with E-state index in [4.69, 9.17) is 4.74 Å². The summed E-state index contributed by atoms with van der Waals surface area (Å²) in [7, 11) is 1.84. The van der Waals surface area contributed by atoms with Gasteiger partial charge in [0.25, 0.3) is 5.69 Å². The van der Waals surface area contributed by atoms with E-state index in [-0.39, 0.29) is 18.2 Å². The van der Waals surface area contributed by atoms with Crippen molar-refractivity contribution in [2.45, 2.75) is 26.4 Å². The number of allylic oxidation sites excluding steroid dienone is 1. The fourth-order valence-electron chi connectivity index (χ4n) is 2.57. The molecule has 0 aliphatic heterocycles. The molecule has 0 heterocycles. The predicted molar refractivity (Wildman–Crippen MR) is 118 cm³/mol. The van der Waals surface area contributed by atoms with E-state index < -0.39 is 10.5 Å². The summed E-state index contributed by atoms with van der Waals surface area (Å²) in [6, 6.07) is 15.8. The van der Waals surface area contributed by atoms with Gasteiger partial charge in [0, 0.05) is 29.8 Å². The lowest BCUT2D eigenvalue weighted by molar-refractivity contribution is -0.384. The first-order chi connectivity index (χ1) is 14.1. The Balaban J connectivity index is 2.16. The van der Waals surface area contributed by atoms with Crippen molar-refractivity contribution in [3.63, 3.8) is 0 Å². The molecule has 2 aromatic carbocycles. The van der Waals surface area contributed by atoms with Crippen molar-refractivity contribution >= 4 is 17.2 Å². The first-order valence-electron chi connectivity index (χ1n) is 9.56. The predicted octanol–water partition coefficient (Wildman–Crippen LogP) is 4.30. The lowest BCUT2D eigenvalue weighted by Crippen LogP contribution is -2.32. The highest BCUT2D eigenvalue weighted by molar-refractivity contribution is 5.80. The lowest BCUT2D eigenvalue weighted by Gasteiger charge is -2.22. The third-order valence-electron chi connectivity index (χ3n) is 3.93. The second kappa shape index (κ2) is 10.4. The first-order valence-corrected chi connectivity index (χ1v) is 9.56. The van der Waals surface area contributed by atoms with E-state index >= 15 is 0 Å². The lowest BCUT2D eigenvalue weighted by atomic mass is 10.1. The zero-order valence-corrected chi connectivity index (χ0v) is 17.7. The number of benzene rings is 2. The maximum Gasteiger partial charge on any atom is 0.320 e. The van der Waals surface area contributed by atoms with E-state index in [1.54, 1.807) is 12.1 Å². The molecule has 0 aliphatic carbocycles. The van der Waals surface area contributed by atoms with E-state index in [1.165, 1.54) is 12.1 Å². The van der Waals surface area contributed by atoms with Gasteiger partial charge in [-0.3, -0.25) is 19.8 Å². The zero-order chi connectivity index (χ0) is 22.1. The highest BCUT2D eigenvalue weighted by atomic mass is 16.6. The maximum absolute atomic E-state index is 12.0. The number of esters is 1. The normalized spacial score (nSPS) is 11.6. The third kappa shape index (κ3) is 7.90. The summed E-state index contributed by atoms with van der Waals surface area (Å²) < 4.78 is 5.35. The summed E-state index contributed by atoms with van der Waals surface area (Å²) in [5.74, 6) is 5.92. The van der Waals surface area contributed by atoms with Crippen LogP contribution in [0.15, 0.2) is 60.7 Å². The Morgan fingerprint density at radius 3 is 2.33 bits per heavy atom. The van der Waals surface area contributed by atoms with Crippen LogP contribution in [0.2, 0.25) is 0 Å². The summed E-state index contributed by atoms with van der Waals surface area (Å²) in [5, 5.41) is 10.8. The van der Waals surface area contributed by atoms with Crippen LogP contribution in [-0.4, -0.2) is 41.5 Å². The molecule has 0 saturated carbocycles. The van der Waals surface area contributed by atoms with Gasteiger partial charge in [-0.25, -0.2) is 0 Å². The third-order valence-corrected chi connectivity index (χ3v) is 3.93. The van der Waals surface area contributed by atoms with Gasteiger partial charge in [0.2, 0.25) is 0 Å². The Hall–Kier alpha value is -3.43. The van der Waals surface area contributed by atoms with Crippen LogP contribution in [0.1, 0.15) is 31.9 Å². The van der Waals surface area contributed by atoms with Crippen molar-refractivity contribution in [2.75, 3.05) is 20.1 Å². The quantitative estimate of drug-likeness (QED) is 0.309. The van der Waals surface area contributed by atoms with Crippen LogP contribution in [0.3, 0.4) is 0 Å². The summed E-state index contributed by atoms with van der Waals surface area (Å²) in [4.78, 5) is 24.2. The Labute approximate surface area is 177 Å². The SMILES string of the molecule is CN(CC=C(C#Cc1ccc([N+](=O)[O-])cc1)c1ccccc1)CC(=O)OC(C)(C)C. The molecule has 0 atom stereocenters. The number of hydrogen-bond acceptors (Lipinski definition) is 5. The van der Waals surface area contributed by atoms with E-state index in [0.717, 1.165) is 11.1 Å². The van der Waals surface area contributed by atoms with Crippen molar-refractivity contribution < 1.29 is 14.5 Å². The fourth-order valence-corrected chi connectivity index (χ4v) is 2.57. The molecule has 6 heteroatoms. The number of non-ortho nitro benzene ring substituents is 1. The number of nitro benzene ring substituents is 1. The average Bonchev–Trinajstić information content (AvgIpc) is 2.67. The number of nitro groups is 1. The van der Waals surface area contributed by atoms with Gasteiger partial charge >= 0.3 is 5.97 Å². The van der Waals surface area contributed by atoms with Crippen molar-refractivity contribution in [3.05, 3.63) is 81.9 Å². The van der Waals surface area contributed by atoms with E-state index in [2.05, 4.69) is 11.8 Å². The van der Waals surface area contributed by atoms with Crippen molar-refractivity contribution in [1.29, 1.82) is 0 Å². The van der Waals surface area contributed by atoms with Gasteiger partial charge in [-0.05, 0) is 45.5 Å². The van der Waals surface area contributed by atoms with Crippen LogP contribution >= 0.6 is 0 Å². The Morgan fingerprint density at radius 1 is 1.13 bits per heavy atom. The number of carbonyl (C=O) groups is 1. The Kier molecular flexibility index (Phi) is 7.90. The van der Waals surface area contributed by atoms with Crippen LogP contribution in [-0.2, 0) is 9.53 Å². The largest absolute Gasteiger partial charge is 0.459 e. The fraction of sp³-hybridized carbons (Fsp3) is 0.292. The number of ether oxygens (including phenoxy) is 1. The molecule has 30 heavy (non-hydrogen) atoms. The standard InChI is InChI=1S/C24H26N2O4/c1-24(2,3)30-23(27)18-25(4)17-16-21(20-8-6-5-7-9-20)13-10-19-11-14-22(15-12-19)26(28)29/h5-9,11-12,14-16H,17-18H2,1-4H3. The number of hydrogen-bond donors (Lipinski definition) is 0. The summed E-state index contributed by atoms with van der Waals surface area (Å²) in [6.45, 7) is 6.20. The van der Waals surface area contributed by atoms with Gasteiger partial charge in [-0.1, -0.05) is 48.2 Å². The first kappa shape index (κ1) is 22.9. The Morgan fingerprint density at radius 2 is 1.77 bits per heavy atom. The molecule has 156 valence electrons. The highest BCUT2D eigenvalue weighted by Crippen LogP contribution is 2.15. The van der Waals surface area contributed by atoms with Crippen molar-refractivity contribution in [1.82, 2.24) is 4.90 Å². The van der Waals surface area contributed by atoms with Crippen LogP contribution in [0.4, 0.5) is 5.69 Å². The van der Waals surface area contributed by atoms with E-state index in [0.29, 0.717) is 12.1 Å². The smallest absolute Gasteiger partial charge is 0.320 e. The second-order valence-electron chi connectivity index (χ2n) is 7.82. The molecule has 0 amide bonds. The van der Waals surface area contributed by atoms with Crippen LogP contribution in [0.5, 0.6) is 0 Å². The highest BCUT2D eigenvalue weighted by Gasteiger charge is 2.17. The minimum atomic E-state index is -0.515. The molecule has 0 fully saturated rings. The van der Waals surface area contributed by atoms with Crippen molar-refractivity contribution in [2.24, 2.45) is 0 Å². The van der Waals surface area contributed by atoms with Crippen LogP contribution in [0.25, 0.3) is 5.57 Å². The van der Waals surface area contributed by atoms with Gasteiger partial charge in [0.15, 0.2) is 0 Å². The van der Waals surface area contributed by atoms with Gasteiger partial charge in [-0.15, -0.1) is 0 Å². The molecule has 0 bridgehead atoms. The van der Waals surface area contributed by atoms with Crippen molar-refractivity contribution in [3.8, 4) is 11.8 Å². The minimum Gasteiger partial charge on any atom is -0.459 e. The number of likely N-dealkylation sites (N-methyl/N-ethyl adjacent to an activating group) is 1. The summed E-state index contributed by atoms with van der Waals surface area (Å²) >= 11 is 0. The van der Waals surface area contributed by atoms with Gasteiger partial charge in [-0.2, -0.15) is 0 Å². The Bertz CT molecular complexity index is 962. The topological polar surface area (TPSA) is 72.7 Å². The number of carbonyl (C=O) groups excluding carboxylic acids is 1. The number of rotatable bonds is 6. The summed E-state index contributed by atoms with van der Waals surface area (Å²) in [6.07, 6.45) is 1.96. The maximum atomic E-state index is 12.0. The monoisotopic (exact) mass is 406 g/mol. The molecule has 0 radical (unpaired) electrons. The van der Waals surface area contributed by atoms with E-state index in [1.807, 2.05) is 69.1 Å². The van der Waals surface area contributed by atoms with Gasteiger partial charge in [0.05, 0.1) is 11.5 Å². The second-order valence-corrected chi connectivity index (χ2v) is 7.82. The molecule has 0 aliphatic rings. The molecule has 0 saturated heterocycles.